The molecule has 2 heterocycles. The van der Waals surface area contributed by atoms with E-state index in [-0.39, 0.29) is 16.6 Å². The first kappa shape index (κ1) is 22.8. The van der Waals surface area contributed by atoms with Crippen molar-refractivity contribution in [2.45, 2.75) is 29.9 Å². The van der Waals surface area contributed by atoms with Crippen molar-refractivity contribution in [3.63, 3.8) is 0 Å². The van der Waals surface area contributed by atoms with Crippen LogP contribution in [0.3, 0.4) is 0 Å². The Kier molecular flexibility index (Phi) is 5.81. The summed E-state index contributed by atoms with van der Waals surface area (Å²) in [4.78, 5) is 4.91. The zero-order valence-electron chi connectivity index (χ0n) is 17.9. The van der Waals surface area contributed by atoms with E-state index in [0.717, 1.165) is 16.4 Å². The fourth-order valence-corrected chi connectivity index (χ4v) is 5.36. The maximum Gasteiger partial charge on any atom is 0.387 e. The third kappa shape index (κ3) is 4.27. The number of rotatable bonds is 6. The first-order chi connectivity index (χ1) is 16.2. The van der Waals surface area contributed by atoms with Crippen molar-refractivity contribution >= 4 is 31.4 Å². The highest BCUT2D eigenvalue weighted by Gasteiger charge is 2.39. The van der Waals surface area contributed by atoms with Crippen LogP contribution in [0.15, 0.2) is 76.2 Å². The van der Waals surface area contributed by atoms with Crippen molar-refractivity contribution < 1.29 is 26.7 Å². The van der Waals surface area contributed by atoms with Gasteiger partial charge in [0.1, 0.15) is 28.9 Å². The van der Waals surface area contributed by atoms with E-state index in [0.29, 0.717) is 29.1 Å². The molecular weight excluding hydrogens is 530 g/mol. The summed E-state index contributed by atoms with van der Waals surface area (Å²) >= 11 is 3.48. The van der Waals surface area contributed by atoms with Gasteiger partial charge in [0.05, 0.1) is 10.6 Å². The van der Waals surface area contributed by atoms with Crippen LogP contribution in [0, 0.1) is 0 Å². The van der Waals surface area contributed by atoms with Crippen LogP contribution in [0.4, 0.5) is 8.78 Å². The van der Waals surface area contributed by atoms with E-state index in [1.807, 2.05) is 22.7 Å². The molecule has 1 aliphatic carbocycles. The Hall–Kier alpha value is -2.98. The Balaban J connectivity index is 1.61. The summed E-state index contributed by atoms with van der Waals surface area (Å²) in [7, 11) is -3.41. The number of fused-ring (bicyclic) bond motifs is 3. The molecule has 0 spiro atoms. The molecule has 4 aromatic rings. The van der Waals surface area contributed by atoms with E-state index in [1.54, 1.807) is 30.3 Å². The van der Waals surface area contributed by atoms with Gasteiger partial charge in [0.25, 0.3) is 0 Å². The van der Waals surface area contributed by atoms with Crippen molar-refractivity contribution in [2.75, 3.05) is 6.26 Å². The Bertz CT molecular complexity index is 1490. The van der Waals surface area contributed by atoms with Crippen LogP contribution in [0.25, 0.3) is 5.65 Å². The van der Waals surface area contributed by atoms with E-state index in [9.17, 15) is 17.2 Å². The predicted molar refractivity (Wildman–Crippen MR) is 125 cm³/mol. The molecule has 2 aromatic heterocycles. The molecule has 10 heteroatoms. The number of alkyl halides is 2. The molecule has 0 saturated carbocycles. The molecule has 0 unspecified atom stereocenters. The number of hydrogen-bond acceptors (Lipinski definition) is 5. The smallest absolute Gasteiger partial charge is 0.387 e. The van der Waals surface area contributed by atoms with Gasteiger partial charge in [-0.15, -0.1) is 0 Å². The Morgan fingerprint density at radius 2 is 1.91 bits per heavy atom. The maximum absolute atomic E-state index is 13.1. The van der Waals surface area contributed by atoms with Crippen LogP contribution >= 0.6 is 15.9 Å². The average Bonchev–Trinajstić information content (AvgIpc) is 3.31. The summed E-state index contributed by atoms with van der Waals surface area (Å²) in [5.41, 5.74) is 2.76. The van der Waals surface area contributed by atoms with Gasteiger partial charge in [0, 0.05) is 34.8 Å². The van der Waals surface area contributed by atoms with Crippen molar-refractivity contribution in [3.05, 3.63) is 88.3 Å². The molecule has 0 radical (unpaired) electrons. The van der Waals surface area contributed by atoms with Crippen molar-refractivity contribution in [2.24, 2.45) is 0 Å². The zero-order chi connectivity index (χ0) is 24.0. The summed E-state index contributed by atoms with van der Waals surface area (Å²) in [6.07, 6.45) is 2.90. The molecule has 1 aliphatic rings. The van der Waals surface area contributed by atoms with Gasteiger partial charge in [-0.25, -0.2) is 13.4 Å². The predicted octanol–water partition coefficient (Wildman–Crippen LogP) is 5.76. The number of nitrogens with zero attached hydrogens (tertiary/aromatic N) is 2. The van der Waals surface area contributed by atoms with Crippen LogP contribution in [-0.4, -0.2) is 30.7 Å². The molecule has 0 aliphatic heterocycles. The molecule has 2 atom stereocenters. The molecule has 0 bridgehead atoms. The molecule has 6 nitrogen and oxygen atoms in total. The number of ether oxygens (including phenoxy) is 2. The molecule has 0 N–H and O–H groups in total. The minimum Gasteiger partial charge on any atom is -0.484 e. The van der Waals surface area contributed by atoms with E-state index in [4.69, 9.17) is 14.5 Å². The van der Waals surface area contributed by atoms with Crippen LogP contribution in [0.2, 0.25) is 0 Å². The molecule has 2 aromatic carbocycles. The second kappa shape index (κ2) is 8.66. The molecule has 0 saturated heterocycles. The Labute approximate surface area is 203 Å². The van der Waals surface area contributed by atoms with Crippen LogP contribution < -0.4 is 9.47 Å². The average molecular weight is 549 g/mol. The quantitative estimate of drug-likeness (QED) is 0.306. The third-order valence-electron chi connectivity index (χ3n) is 5.76. The first-order valence-electron chi connectivity index (χ1n) is 10.4. The molecule has 176 valence electrons. The highest BCUT2D eigenvalue weighted by Crippen LogP contribution is 2.48. The van der Waals surface area contributed by atoms with Gasteiger partial charge in [-0.3, -0.25) is 0 Å². The van der Waals surface area contributed by atoms with Crippen LogP contribution in [0.5, 0.6) is 11.5 Å². The topological polar surface area (TPSA) is 69.9 Å². The SMILES string of the molecule is CS(=O)(=O)c1cccc(O[C@@H]2C[C@H](c3ccccc3OC(F)F)c3c2nc2ccc(Br)cn32)c1. The molecular formula is C24H19BrF2N2O4S. The fourth-order valence-electron chi connectivity index (χ4n) is 4.37. The number of pyridine rings is 1. The van der Waals surface area contributed by atoms with Gasteiger partial charge >= 0.3 is 6.61 Å². The van der Waals surface area contributed by atoms with Crippen LogP contribution in [0.1, 0.15) is 35.4 Å². The van der Waals surface area contributed by atoms with Crippen molar-refractivity contribution in [3.8, 4) is 11.5 Å². The number of benzene rings is 2. The molecule has 0 amide bonds. The molecule has 0 fully saturated rings. The Morgan fingerprint density at radius 1 is 1.12 bits per heavy atom. The highest BCUT2D eigenvalue weighted by atomic mass is 79.9. The molecule has 34 heavy (non-hydrogen) atoms. The number of sulfone groups is 1. The van der Waals surface area contributed by atoms with E-state index in [2.05, 4.69) is 15.9 Å². The van der Waals surface area contributed by atoms with Gasteiger partial charge < -0.3 is 13.9 Å². The zero-order valence-corrected chi connectivity index (χ0v) is 20.3. The second-order valence-electron chi connectivity index (χ2n) is 8.02. The lowest BCUT2D eigenvalue weighted by Gasteiger charge is -2.18. The summed E-state index contributed by atoms with van der Waals surface area (Å²) in [5, 5.41) is 0. The van der Waals surface area contributed by atoms with Gasteiger partial charge in [0.2, 0.25) is 0 Å². The van der Waals surface area contributed by atoms with Crippen molar-refractivity contribution in [1.29, 1.82) is 0 Å². The number of aromatic nitrogens is 2. The normalized spacial score (nSPS) is 17.8. The van der Waals surface area contributed by atoms with Crippen molar-refractivity contribution in [1.82, 2.24) is 9.38 Å². The number of halogens is 3. The summed E-state index contributed by atoms with van der Waals surface area (Å²) in [6, 6.07) is 16.7. The van der Waals surface area contributed by atoms with Gasteiger partial charge in [0.15, 0.2) is 9.84 Å². The monoisotopic (exact) mass is 548 g/mol. The van der Waals surface area contributed by atoms with Gasteiger partial charge in [-0.2, -0.15) is 8.78 Å². The number of imidazole rings is 1. The third-order valence-corrected chi connectivity index (χ3v) is 7.33. The lowest BCUT2D eigenvalue weighted by Crippen LogP contribution is -2.09. The summed E-state index contributed by atoms with van der Waals surface area (Å²) in [6.45, 7) is -2.95. The largest absolute Gasteiger partial charge is 0.484 e. The highest BCUT2D eigenvalue weighted by molar-refractivity contribution is 9.10. The van der Waals surface area contributed by atoms with E-state index < -0.39 is 22.6 Å². The van der Waals surface area contributed by atoms with Crippen LogP contribution in [-0.2, 0) is 9.84 Å². The minimum absolute atomic E-state index is 0.0955. The lowest BCUT2D eigenvalue weighted by molar-refractivity contribution is -0.0505. The summed E-state index contributed by atoms with van der Waals surface area (Å²) < 4.78 is 64.0. The number of hydrogen-bond donors (Lipinski definition) is 0. The Morgan fingerprint density at radius 3 is 2.68 bits per heavy atom. The minimum atomic E-state index is -3.41. The van der Waals surface area contributed by atoms with Gasteiger partial charge in [-0.1, -0.05) is 24.3 Å². The number of para-hydroxylation sites is 1. The summed E-state index contributed by atoms with van der Waals surface area (Å²) in [5.74, 6) is 0.144. The second-order valence-corrected chi connectivity index (χ2v) is 10.9. The lowest BCUT2D eigenvalue weighted by atomic mass is 9.95. The molecule has 5 rings (SSSR count). The first-order valence-corrected chi connectivity index (χ1v) is 13.1. The fraction of sp³-hybridized carbons (Fsp3) is 0.208. The van der Waals surface area contributed by atoms with E-state index in [1.165, 1.54) is 18.2 Å². The maximum atomic E-state index is 13.1. The standard InChI is InChI=1S/C24H19BrF2N2O4S/c1-34(30,31)16-6-4-5-15(11-16)32-20-12-18(17-7-2-3-8-19(17)33-24(26)27)23-22(20)28-21-10-9-14(25)13-29(21)23/h2-11,13,18,20,24H,12H2,1H3/t18-,20-/m1/s1. The van der Waals surface area contributed by atoms with Gasteiger partial charge in [-0.05, 0) is 52.3 Å². The van der Waals surface area contributed by atoms with E-state index >= 15 is 0 Å².